The van der Waals surface area contributed by atoms with Gasteiger partial charge in [0.05, 0.1) is 0 Å². The van der Waals surface area contributed by atoms with Gasteiger partial charge in [-0.25, -0.2) is 0 Å². The van der Waals surface area contributed by atoms with Gasteiger partial charge in [0.1, 0.15) is 6.10 Å². The Labute approximate surface area is 88.9 Å². The fourth-order valence-corrected chi connectivity index (χ4v) is 2.14. The summed E-state index contributed by atoms with van der Waals surface area (Å²) in [6.07, 6.45) is 1.49. The van der Waals surface area contributed by atoms with Crippen molar-refractivity contribution in [3.8, 4) is 0 Å². The molecule has 0 aliphatic carbocycles. The molecule has 1 aromatic rings. The molecule has 0 aliphatic heterocycles. The summed E-state index contributed by atoms with van der Waals surface area (Å²) in [6, 6.07) is 1.88. The van der Waals surface area contributed by atoms with Crippen LogP contribution in [0, 0.1) is 6.92 Å². The van der Waals surface area contributed by atoms with Gasteiger partial charge in [0, 0.05) is 17.6 Å². The lowest BCUT2D eigenvalue weighted by molar-refractivity contribution is 0.0578. The van der Waals surface area contributed by atoms with E-state index >= 15 is 0 Å². The minimum atomic E-state index is -0.270. The van der Waals surface area contributed by atoms with E-state index in [1.165, 1.54) is 0 Å². The Morgan fingerprint density at radius 2 is 2.36 bits per heavy atom. The number of carbonyl (C=O) groups excluding carboxylic acids is 1. The van der Waals surface area contributed by atoms with Crippen LogP contribution >= 0.6 is 11.3 Å². The molecule has 78 valence electrons. The number of thiophene rings is 1. The van der Waals surface area contributed by atoms with Crippen molar-refractivity contribution in [2.45, 2.75) is 32.8 Å². The first kappa shape index (κ1) is 11.4. The minimum Gasteiger partial charge on any atom is -0.373 e. The van der Waals surface area contributed by atoms with Crippen molar-refractivity contribution in [2.75, 3.05) is 7.11 Å². The predicted octanol–water partition coefficient (Wildman–Crippen LogP) is 3.05. The quantitative estimate of drug-likeness (QED) is 0.701. The average Bonchev–Trinajstić information content (AvgIpc) is 2.59. The van der Waals surface area contributed by atoms with Gasteiger partial charge in [0.15, 0.2) is 5.78 Å². The summed E-state index contributed by atoms with van der Waals surface area (Å²) in [7, 11) is 1.60. The van der Waals surface area contributed by atoms with E-state index in [0.717, 1.165) is 23.3 Å². The molecule has 1 heterocycles. The number of ketones is 1. The molecular formula is C11H16O2S. The molecule has 1 aromatic heterocycles. The Bertz CT molecular complexity index is 304. The van der Waals surface area contributed by atoms with Gasteiger partial charge in [-0.2, -0.15) is 0 Å². The summed E-state index contributed by atoms with van der Waals surface area (Å²) >= 11 is 1.60. The van der Waals surface area contributed by atoms with Gasteiger partial charge in [0.2, 0.25) is 0 Å². The second-order valence-electron chi connectivity index (χ2n) is 3.27. The van der Waals surface area contributed by atoms with Crippen molar-refractivity contribution in [2.24, 2.45) is 0 Å². The van der Waals surface area contributed by atoms with Gasteiger partial charge in [-0.15, -0.1) is 11.3 Å². The molecule has 2 nitrogen and oxygen atoms in total. The molecule has 0 N–H and O–H groups in total. The number of aryl methyl sites for hydroxylation is 1. The van der Waals surface area contributed by atoms with Gasteiger partial charge < -0.3 is 4.74 Å². The highest BCUT2D eigenvalue weighted by molar-refractivity contribution is 7.10. The molecule has 0 bridgehead atoms. The molecule has 1 atom stereocenters. The Morgan fingerprint density at radius 3 is 2.79 bits per heavy atom. The Kier molecular flexibility index (Phi) is 4.29. The first-order chi connectivity index (χ1) is 6.70. The topological polar surface area (TPSA) is 26.3 Å². The fraction of sp³-hybridized carbons (Fsp3) is 0.545. The molecule has 1 unspecified atom stereocenters. The fourth-order valence-electron chi connectivity index (χ4n) is 1.43. The smallest absolute Gasteiger partial charge is 0.192 e. The van der Waals surface area contributed by atoms with E-state index in [9.17, 15) is 4.79 Å². The van der Waals surface area contributed by atoms with Crippen LogP contribution < -0.4 is 0 Å². The van der Waals surface area contributed by atoms with Crippen LogP contribution in [0.2, 0.25) is 0 Å². The van der Waals surface area contributed by atoms with E-state index in [1.54, 1.807) is 18.4 Å². The average molecular weight is 212 g/mol. The van der Waals surface area contributed by atoms with E-state index in [4.69, 9.17) is 4.74 Å². The lowest BCUT2D eigenvalue weighted by atomic mass is 10.0. The van der Waals surface area contributed by atoms with Crippen LogP contribution in [-0.4, -0.2) is 19.0 Å². The number of rotatable bonds is 5. The van der Waals surface area contributed by atoms with Crippen LogP contribution in [-0.2, 0) is 4.74 Å². The number of hydrogen-bond acceptors (Lipinski definition) is 3. The molecule has 1 rings (SSSR count). The standard InChI is InChI=1S/C11H16O2S/c1-4-5-10(13-3)11(12)9-6-7-14-8(9)2/h6-7,10H,4-5H2,1-3H3. The molecule has 3 heteroatoms. The summed E-state index contributed by atoms with van der Waals surface area (Å²) in [5.41, 5.74) is 0.815. The van der Waals surface area contributed by atoms with Crippen molar-refractivity contribution in [1.29, 1.82) is 0 Å². The Balaban J connectivity index is 2.78. The first-order valence-corrected chi connectivity index (χ1v) is 5.69. The molecule has 0 fully saturated rings. The van der Waals surface area contributed by atoms with Crippen LogP contribution in [0.3, 0.4) is 0 Å². The van der Waals surface area contributed by atoms with E-state index in [1.807, 2.05) is 18.4 Å². The number of hydrogen-bond donors (Lipinski definition) is 0. The lowest BCUT2D eigenvalue weighted by Gasteiger charge is -2.12. The van der Waals surface area contributed by atoms with E-state index < -0.39 is 0 Å². The number of ether oxygens (including phenoxy) is 1. The number of carbonyl (C=O) groups is 1. The van der Waals surface area contributed by atoms with E-state index in [-0.39, 0.29) is 11.9 Å². The molecule has 0 radical (unpaired) electrons. The molecule has 0 saturated carbocycles. The van der Waals surface area contributed by atoms with Crippen molar-refractivity contribution in [1.82, 2.24) is 0 Å². The third-order valence-corrected chi connectivity index (χ3v) is 3.10. The summed E-state index contributed by atoms with van der Waals surface area (Å²) in [5, 5.41) is 1.95. The van der Waals surface area contributed by atoms with Crippen molar-refractivity contribution < 1.29 is 9.53 Å². The summed E-state index contributed by atoms with van der Waals surface area (Å²) in [4.78, 5) is 13.0. The van der Waals surface area contributed by atoms with Gasteiger partial charge in [-0.3, -0.25) is 4.79 Å². The van der Waals surface area contributed by atoms with Gasteiger partial charge in [-0.05, 0) is 24.8 Å². The maximum Gasteiger partial charge on any atom is 0.192 e. The highest BCUT2D eigenvalue weighted by Crippen LogP contribution is 2.19. The SMILES string of the molecule is CCCC(OC)C(=O)c1ccsc1C. The van der Waals surface area contributed by atoms with Crippen molar-refractivity contribution in [3.05, 3.63) is 21.9 Å². The monoisotopic (exact) mass is 212 g/mol. The van der Waals surface area contributed by atoms with Crippen LogP contribution in [0.5, 0.6) is 0 Å². The third kappa shape index (κ3) is 2.42. The molecule has 0 spiro atoms. The van der Waals surface area contributed by atoms with E-state index in [0.29, 0.717) is 0 Å². The van der Waals surface area contributed by atoms with Crippen molar-refractivity contribution >= 4 is 17.1 Å². The molecule has 0 aromatic carbocycles. The lowest BCUT2D eigenvalue weighted by Crippen LogP contribution is -2.22. The largest absolute Gasteiger partial charge is 0.373 e. The molecule has 0 amide bonds. The summed E-state index contributed by atoms with van der Waals surface area (Å²) in [5.74, 6) is 0.119. The Morgan fingerprint density at radius 1 is 1.64 bits per heavy atom. The van der Waals surface area contributed by atoms with Gasteiger partial charge in [-0.1, -0.05) is 13.3 Å². The maximum absolute atomic E-state index is 11.9. The van der Waals surface area contributed by atoms with Crippen LogP contribution in [0.15, 0.2) is 11.4 Å². The molecular weight excluding hydrogens is 196 g/mol. The minimum absolute atomic E-state index is 0.119. The molecule has 0 saturated heterocycles. The number of methoxy groups -OCH3 is 1. The third-order valence-electron chi connectivity index (χ3n) is 2.25. The van der Waals surface area contributed by atoms with Crippen molar-refractivity contribution in [3.63, 3.8) is 0 Å². The second kappa shape index (κ2) is 5.27. The highest BCUT2D eigenvalue weighted by Gasteiger charge is 2.20. The zero-order chi connectivity index (χ0) is 10.6. The molecule has 14 heavy (non-hydrogen) atoms. The van der Waals surface area contributed by atoms with Gasteiger partial charge >= 0.3 is 0 Å². The summed E-state index contributed by atoms with van der Waals surface area (Å²) in [6.45, 7) is 4.02. The second-order valence-corrected chi connectivity index (χ2v) is 4.39. The van der Waals surface area contributed by atoms with Gasteiger partial charge in [0.25, 0.3) is 0 Å². The van der Waals surface area contributed by atoms with Crippen LogP contribution in [0.1, 0.15) is 35.0 Å². The zero-order valence-corrected chi connectivity index (χ0v) is 9.69. The highest BCUT2D eigenvalue weighted by atomic mass is 32.1. The van der Waals surface area contributed by atoms with Crippen LogP contribution in [0.4, 0.5) is 0 Å². The first-order valence-electron chi connectivity index (χ1n) is 4.81. The summed E-state index contributed by atoms with van der Waals surface area (Å²) < 4.78 is 5.19. The Hall–Kier alpha value is -0.670. The normalized spacial score (nSPS) is 12.8. The predicted molar refractivity (Wildman–Crippen MR) is 59.1 cm³/mol. The molecule has 0 aliphatic rings. The zero-order valence-electron chi connectivity index (χ0n) is 8.87. The maximum atomic E-state index is 11.9. The van der Waals surface area contributed by atoms with Crippen LogP contribution in [0.25, 0.3) is 0 Å². The number of Topliss-reactive ketones (excluding diaryl/α,β-unsaturated/α-hetero) is 1. The van der Waals surface area contributed by atoms with E-state index in [2.05, 4.69) is 6.92 Å².